The average molecular weight is 352 g/mol. The van der Waals surface area contributed by atoms with Crippen LogP contribution in [0.2, 0.25) is 0 Å². The molecule has 1 aliphatic heterocycles. The Hall–Kier alpha value is -1.56. The Morgan fingerprint density at radius 1 is 1.57 bits per heavy atom. The summed E-state index contributed by atoms with van der Waals surface area (Å²) in [7, 11) is 0. The average Bonchev–Trinajstić information content (AvgIpc) is 3.04. The van der Waals surface area contributed by atoms with Gasteiger partial charge in [-0.15, -0.1) is 0 Å². The van der Waals surface area contributed by atoms with Crippen LogP contribution < -0.4 is 10.1 Å². The third-order valence-corrected chi connectivity index (χ3v) is 4.43. The number of fused-ring (bicyclic) bond motifs is 1. The van der Waals surface area contributed by atoms with Gasteiger partial charge < -0.3 is 14.6 Å². The lowest BCUT2D eigenvalue weighted by molar-refractivity contribution is -0.119. The van der Waals surface area contributed by atoms with Crippen molar-refractivity contribution >= 4 is 32.9 Å². The molecule has 1 fully saturated rings. The molecule has 1 amide bonds. The van der Waals surface area contributed by atoms with Crippen molar-refractivity contribution in [1.82, 2.24) is 14.9 Å². The maximum absolute atomic E-state index is 11.3. The second-order valence-electron chi connectivity index (χ2n) is 5.39. The van der Waals surface area contributed by atoms with E-state index in [4.69, 9.17) is 4.74 Å². The van der Waals surface area contributed by atoms with Gasteiger partial charge in [0.05, 0.1) is 11.8 Å². The number of carbonyl (C=O) groups is 1. The summed E-state index contributed by atoms with van der Waals surface area (Å²) in [6.45, 7) is 5.62. The molecule has 0 saturated carbocycles. The highest BCUT2D eigenvalue weighted by molar-refractivity contribution is 9.10. The van der Waals surface area contributed by atoms with Crippen LogP contribution >= 0.6 is 15.9 Å². The summed E-state index contributed by atoms with van der Waals surface area (Å²) < 4.78 is 9.17. The monoisotopic (exact) mass is 351 g/mol. The van der Waals surface area contributed by atoms with Crippen LogP contribution in [0.15, 0.2) is 22.9 Å². The molecule has 2 heterocycles. The maximum atomic E-state index is 11.3. The first-order valence-corrected chi connectivity index (χ1v) is 7.95. The Bertz CT molecular complexity index is 683. The highest BCUT2D eigenvalue weighted by Gasteiger charge is 2.28. The summed E-state index contributed by atoms with van der Waals surface area (Å²) >= 11 is 3.50. The number of rotatable bonds is 4. The molecule has 1 aromatic carbocycles. The topological polar surface area (TPSA) is 56.1 Å². The third-order valence-electron chi connectivity index (χ3n) is 3.97. The van der Waals surface area contributed by atoms with Crippen molar-refractivity contribution in [1.29, 1.82) is 0 Å². The van der Waals surface area contributed by atoms with Gasteiger partial charge in [0, 0.05) is 29.9 Å². The van der Waals surface area contributed by atoms with Crippen molar-refractivity contribution in [3.63, 3.8) is 0 Å². The van der Waals surface area contributed by atoms with Crippen molar-refractivity contribution < 1.29 is 9.53 Å². The first-order chi connectivity index (χ1) is 10.1. The van der Waals surface area contributed by atoms with Gasteiger partial charge in [-0.1, -0.05) is 15.9 Å². The molecule has 0 spiro atoms. The van der Waals surface area contributed by atoms with Crippen molar-refractivity contribution in [2.24, 2.45) is 5.92 Å². The lowest BCUT2D eigenvalue weighted by Crippen LogP contribution is -2.25. The predicted octanol–water partition coefficient (Wildman–Crippen LogP) is 2.72. The number of aryl methyl sites for hydroxylation is 1. The van der Waals surface area contributed by atoms with Gasteiger partial charge in [0.25, 0.3) is 0 Å². The Labute approximate surface area is 131 Å². The third kappa shape index (κ3) is 2.77. The Morgan fingerprint density at radius 3 is 3.05 bits per heavy atom. The molecule has 1 unspecified atom stereocenters. The van der Waals surface area contributed by atoms with Gasteiger partial charge in [0.15, 0.2) is 0 Å². The van der Waals surface area contributed by atoms with E-state index in [-0.39, 0.29) is 17.9 Å². The second kappa shape index (κ2) is 5.67. The SMILES string of the molecule is CCn1cnc2cc(Br)cc(O[C@H](C)C3CNC(=O)C3)c21. The molecule has 2 atom stereocenters. The van der Waals surface area contributed by atoms with Crippen molar-refractivity contribution in [3.8, 4) is 5.75 Å². The Balaban J connectivity index is 1.92. The molecular formula is C15H18BrN3O2. The molecular weight excluding hydrogens is 334 g/mol. The second-order valence-corrected chi connectivity index (χ2v) is 6.31. The van der Waals surface area contributed by atoms with E-state index >= 15 is 0 Å². The molecule has 5 nitrogen and oxygen atoms in total. The maximum Gasteiger partial charge on any atom is 0.220 e. The van der Waals surface area contributed by atoms with E-state index < -0.39 is 0 Å². The number of halogens is 1. The molecule has 1 saturated heterocycles. The first-order valence-electron chi connectivity index (χ1n) is 7.16. The molecule has 2 aromatic rings. The molecule has 0 aliphatic carbocycles. The van der Waals surface area contributed by atoms with Gasteiger partial charge in [-0.25, -0.2) is 4.98 Å². The summed E-state index contributed by atoms with van der Waals surface area (Å²) in [6, 6.07) is 3.95. The molecule has 1 aromatic heterocycles. The fourth-order valence-electron chi connectivity index (χ4n) is 2.72. The van der Waals surface area contributed by atoms with E-state index in [0.717, 1.165) is 27.8 Å². The van der Waals surface area contributed by atoms with Crippen molar-refractivity contribution in [2.75, 3.05) is 6.54 Å². The van der Waals surface area contributed by atoms with E-state index in [0.29, 0.717) is 13.0 Å². The number of hydrogen-bond acceptors (Lipinski definition) is 3. The molecule has 21 heavy (non-hydrogen) atoms. The lowest BCUT2D eigenvalue weighted by atomic mass is 10.0. The molecule has 3 rings (SSSR count). The quantitative estimate of drug-likeness (QED) is 0.921. The van der Waals surface area contributed by atoms with Gasteiger partial charge in [-0.2, -0.15) is 0 Å². The predicted molar refractivity (Wildman–Crippen MR) is 84.3 cm³/mol. The number of ether oxygens (including phenoxy) is 1. The van der Waals surface area contributed by atoms with Crippen LogP contribution in [0.25, 0.3) is 11.0 Å². The zero-order chi connectivity index (χ0) is 15.0. The van der Waals surface area contributed by atoms with Gasteiger partial charge >= 0.3 is 0 Å². The normalized spacial score (nSPS) is 19.8. The van der Waals surface area contributed by atoms with E-state index in [1.54, 1.807) is 0 Å². The Morgan fingerprint density at radius 2 is 2.38 bits per heavy atom. The van der Waals surface area contributed by atoms with E-state index in [2.05, 4.69) is 37.7 Å². The van der Waals surface area contributed by atoms with Gasteiger partial charge in [0.2, 0.25) is 5.91 Å². The van der Waals surface area contributed by atoms with Crippen molar-refractivity contribution in [2.45, 2.75) is 32.9 Å². The number of aromatic nitrogens is 2. The fraction of sp³-hybridized carbons (Fsp3) is 0.467. The summed E-state index contributed by atoms with van der Waals surface area (Å²) in [6.07, 6.45) is 2.34. The van der Waals surface area contributed by atoms with E-state index in [1.165, 1.54) is 0 Å². The number of nitrogens with zero attached hydrogens (tertiary/aromatic N) is 2. The van der Waals surface area contributed by atoms with Crippen LogP contribution in [-0.2, 0) is 11.3 Å². The summed E-state index contributed by atoms with van der Waals surface area (Å²) in [5.41, 5.74) is 1.92. The number of nitrogens with one attached hydrogen (secondary N) is 1. The van der Waals surface area contributed by atoms with E-state index in [9.17, 15) is 4.79 Å². The summed E-state index contributed by atoms with van der Waals surface area (Å²) in [4.78, 5) is 15.8. The number of carbonyl (C=O) groups excluding carboxylic acids is 1. The number of amides is 1. The molecule has 1 N–H and O–H groups in total. The van der Waals surface area contributed by atoms with Crippen LogP contribution in [0.3, 0.4) is 0 Å². The van der Waals surface area contributed by atoms with Gasteiger partial charge in [-0.05, 0) is 26.0 Å². The smallest absolute Gasteiger partial charge is 0.220 e. The zero-order valence-electron chi connectivity index (χ0n) is 12.1. The summed E-state index contributed by atoms with van der Waals surface area (Å²) in [5.74, 6) is 1.13. The number of imidazole rings is 1. The van der Waals surface area contributed by atoms with E-state index in [1.807, 2.05) is 25.4 Å². The standard InChI is InChI=1S/C15H18BrN3O2/c1-3-19-8-18-12-5-11(16)6-13(15(12)19)21-9(2)10-4-14(20)17-7-10/h5-6,8-10H,3-4,7H2,1-2H3,(H,17,20)/t9-,10?/m1/s1. The van der Waals surface area contributed by atoms with Gasteiger partial charge in [0.1, 0.15) is 17.4 Å². The zero-order valence-corrected chi connectivity index (χ0v) is 13.7. The fourth-order valence-corrected chi connectivity index (χ4v) is 3.15. The highest BCUT2D eigenvalue weighted by atomic mass is 79.9. The van der Waals surface area contributed by atoms with Crippen LogP contribution in [0.4, 0.5) is 0 Å². The van der Waals surface area contributed by atoms with Crippen LogP contribution in [0.1, 0.15) is 20.3 Å². The van der Waals surface area contributed by atoms with Crippen LogP contribution in [0, 0.1) is 5.92 Å². The number of hydrogen-bond donors (Lipinski definition) is 1. The molecule has 0 radical (unpaired) electrons. The largest absolute Gasteiger partial charge is 0.488 e. The minimum atomic E-state index is -0.0262. The number of benzene rings is 1. The molecule has 0 bridgehead atoms. The highest BCUT2D eigenvalue weighted by Crippen LogP contribution is 2.32. The summed E-state index contributed by atoms with van der Waals surface area (Å²) in [5, 5.41) is 2.86. The van der Waals surface area contributed by atoms with Crippen LogP contribution in [0.5, 0.6) is 5.75 Å². The van der Waals surface area contributed by atoms with Gasteiger partial charge in [-0.3, -0.25) is 4.79 Å². The molecule has 112 valence electrons. The van der Waals surface area contributed by atoms with Crippen molar-refractivity contribution in [3.05, 3.63) is 22.9 Å². The Kier molecular flexibility index (Phi) is 3.89. The van der Waals surface area contributed by atoms with Crippen LogP contribution in [-0.4, -0.2) is 28.1 Å². The molecule has 6 heteroatoms. The first kappa shape index (κ1) is 14.4. The lowest BCUT2D eigenvalue weighted by Gasteiger charge is -2.20. The minimum Gasteiger partial charge on any atom is -0.488 e. The molecule has 1 aliphatic rings. The minimum absolute atomic E-state index is 0.0262.